The van der Waals surface area contributed by atoms with Gasteiger partial charge in [0.05, 0.1) is 0 Å². The van der Waals surface area contributed by atoms with E-state index >= 15 is 0 Å². The van der Waals surface area contributed by atoms with Crippen LogP contribution in [0.1, 0.15) is 20.3 Å². The predicted molar refractivity (Wildman–Crippen MR) is 44.1 cm³/mol. The average molecular weight is 154 g/mol. The minimum absolute atomic E-state index is 0.308. The van der Waals surface area contributed by atoms with Crippen LogP contribution >= 0.6 is 0 Å². The number of hydrogen-bond acceptors (Lipinski definition) is 1. The molecule has 1 aliphatic heterocycles. The molecule has 1 rings (SSSR count). The van der Waals surface area contributed by atoms with E-state index in [4.69, 9.17) is 5.73 Å². The fraction of sp³-hybridized carbons (Fsp3) is 0.625. The third-order valence-corrected chi connectivity index (χ3v) is 2.22. The Kier molecular flexibility index (Phi) is 2.17. The molecule has 0 aromatic rings. The first kappa shape index (κ1) is 8.11. The van der Waals surface area contributed by atoms with Crippen LogP contribution in [0.3, 0.4) is 0 Å². The van der Waals surface area contributed by atoms with Crippen molar-refractivity contribution in [1.29, 1.82) is 0 Å². The Bertz CT molecular complexity index is 208. The molecule has 0 aromatic carbocycles. The zero-order valence-electron chi connectivity index (χ0n) is 7.05. The van der Waals surface area contributed by atoms with Gasteiger partial charge < -0.3 is 10.6 Å². The summed E-state index contributed by atoms with van der Waals surface area (Å²) in [5.41, 5.74) is 7.80. The van der Waals surface area contributed by atoms with Gasteiger partial charge in [-0.15, -0.1) is 0 Å². The Morgan fingerprint density at radius 1 is 1.45 bits per heavy atom. The van der Waals surface area contributed by atoms with Crippen molar-refractivity contribution < 1.29 is 4.79 Å². The van der Waals surface area contributed by atoms with Crippen molar-refractivity contribution in [2.24, 2.45) is 5.73 Å². The maximum absolute atomic E-state index is 10.7. The van der Waals surface area contributed by atoms with Crippen molar-refractivity contribution in [2.45, 2.75) is 20.3 Å². The van der Waals surface area contributed by atoms with Gasteiger partial charge in [0, 0.05) is 13.1 Å². The molecule has 0 fully saturated rings. The molecule has 11 heavy (non-hydrogen) atoms. The summed E-state index contributed by atoms with van der Waals surface area (Å²) in [5, 5.41) is 0. The first-order valence-corrected chi connectivity index (χ1v) is 3.81. The van der Waals surface area contributed by atoms with Crippen LogP contribution in [0.15, 0.2) is 11.1 Å². The number of rotatable bonds is 0. The molecule has 62 valence electrons. The van der Waals surface area contributed by atoms with Crippen LogP contribution in [0.2, 0.25) is 0 Å². The smallest absolute Gasteiger partial charge is 0.315 e. The van der Waals surface area contributed by atoms with E-state index in [-0.39, 0.29) is 6.03 Å². The van der Waals surface area contributed by atoms with Crippen molar-refractivity contribution in [1.82, 2.24) is 4.90 Å². The van der Waals surface area contributed by atoms with Crippen molar-refractivity contribution >= 4 is 6.03 Å². The number of hydrogen-bond donors (Lipinski definition) is 1. The van der Waals surface area contributed by atoms with E-state index in [0.29, 0.717) is 6.54 Å². The number of urea groups is 1. The molecular weight excluding hydrogens is 140 g/mol. The predicted octanol–water partition coefficient (Wildman–Crippen LogP) is 1.11. The van der Waals surface area contributed by atoms with Crippen LogP contribution in [-0.4, -0.2) is 24.0 Å². The molecule has 2 N–H and O–H groups in total. The Balaban J connectivity index is 2.64. The van der Waals surface area contributed by atoms with Gasteiger partial charge in [-0.25, -0.2) is 4.79 Å². The van der Waals surface area contributed by atoms with Gasteiger partial charge in [-0.05, 0) is 20.3 Å². The molecule has 1 heterocycles. The summed E-state index contributed by atoms with van der Waals surface area (Å²) in [7, 11) is 0. The number of nitrogens with zero attached hydrogens (tertiary/aromatic N) is 1. The highest BCUT2D eigenvalue weighted by Gasteiger charge is 2.15. The quantitative estimate of drug-likeness (QED) is 0.522. The highest BCUT2D eigenvalue weighted by molar-refractivity contribution is 5.72. The molecule has 0 atom stereocenters. The summed E-state index contributed by atoms with van der Waals surface area (Å²) < 4.78 is 0. The van der Waals surface area contributed by atoms with Gasteiger partial charge in [-0.2, -0.15) is 0 Å². The molecule has 0 aromatic heterocycles. The molecule has 0 aliphatic carbocycles. The van der Waals surface area contributed by atoms with Crippen molar-refractivity contribution in [2.75, 3.05) is 13.1 Å². The molecule has 3 nitrogen and oxygen atoms in total. The van der Waals surface area contributed by atoms with Crippen LogP contribution in [0.5, 0.6) is 0 Å². The topological polar surface area (TPSA) is 46.3 Å². The fourth-order valence-electron chi connectivity index (χ4n) is 1.20. The molecule has 0 radical (unpaired) electrons. The fourth-order valence-corrected chi connectivity index (χ4v) is 1.20. The molecular formula is C8H14N2O. The Morgan fingerprint density at radius 2 is 2.09 bits per heavy atom. The Morgan fingerprint density at radius 3 is 2.55 bits per heavy atom. The lowest BCUT2D eigenvalue weighted by molar-refractivity contribution is 0.210. The van der Waals surface area contributed by atoms with E-state index in [1.165, 1.54) is 11.1 Å². The maximum Gasteiger partial charge on any atom is 0.315 e. The second kappa shape index (κ2) is 2.95. The van der Waals surface area contributed by atoms with Crippen molar-refractivity contribution in [3.63, 3.8) is 0 Å². The SMILES string of the molecule is CC1=C(C)CN(C(N)=O)CC1. The molecule has 0 unspecified atom stereocenters. The van der Waals surface area contributed by atoms with Gasteiger partial charge in [-0.1, -0.05) is 11.1 Å². The summed E-state index contributed by atoms with van der Waals surface area (Å²) in [6.45, 7) is 5.64. The van der Waals surface area contributed by atoms with E-state index in [1.54, 1.807) is 4.90 Å². The monoisotopic (exact) mass is 154 g/mol. The maximum atomic E-state index is 10.7. The normalized spacial score (nSPS) is 18.9. The summed E-state index contributed by atoms with van der Waals surface area (Å²) in [6, 6.07) is -0.308. The minimum Gasteiger partial charge on any atom is -0.351 e. The zero-order chi connectivity index (χ0) is 8.43. The van der Waals surface area contributed by atoms with Crippen molar-refractivity contribution in [3.05, 3.63) is 11.1 Å². The summed E-state index contributed by atoms with van der Waals surface area (Å²) in [5.74, 6) is 0. The van der Waals surface area contributed by atoms with Crippen LogP contribution in [0.4, 0.5) is 4.79 Å². The van der Waals surface area contributed by atoms with Crippen LogP contribution in [0, 0.1) is 0 Å². The number of primary amides is 1. The van der Waals surface area contributed by atoms with Gasteiger partial charge in [0.15, 0.2) is 0 Å². The number of nitrogens with two attached hydrogens (primary N) is 1. The van der Waals surface area contributed by atoms with Crippen LogP contribution < -0.4 is 5.73 Å². The van der Waals surface area contributed by atoms with Gasteiger partial charge in [0.2, 0.25) is 0 Å². The standard InChI is InChI=1S/C8H14N2O/c1-6-3-4-10(8(9)11)5-7(6)2/h3-5H2,1-2H3,(H2,9,11). The number of carbonyl (C=O) groups excluding carboxylic acids is 1. The first-order chi connectivity index (χ1) is 5.11. The largest absolute Gasteiger partial charge is 0.351 e. The van der Waals surface area contributed by atoms with E-state index in [2.05, 4.69) is 6.92 Å². The second-order valence-electron chi connectivity index (χ2n) is 3.07. The molecule has 0 bridgehead atoms. The highest BCUT2D eigenvalue weighted by Crippen LogP contribution is 2.15. The molecule has 2 amide bonds. The molecule has 1 aliphatic rings. The number of amides is 2. The Hall–Kier alpha value is -0.990. The molecule has 0 saturated carbocycles. The molecule has 3 heteroatoms. The van der Waals surface area contributed by atoms with E-state index in [9.17, 15) is 4.79 Å². The van der Waals surface area contributed by atoms with Crippen LogP contribution in [-0.2, 0) is 0 Å². The summed E-state index contributed by atoms with van der Waals surface area (Å²) in [6.07, 6.45) is 0.967. The minimum atomic E-state index is -0.308. The highest BCUT2D eigenvalue weighted by atomic mass is 16.2. The van der Waals surface area contributed by atoms with E-state index < -0.39 is 0 Å². The first-order valence-electron chi connectivity index (χ1n) is 3.81. The third kappa shape index (κ3) is 1.73. The van der Waals surface area contributed by atoms with E-state index in [1.807, 2.05) is 6.92 Å². The number of carbonyl (C=O) groups is 1. The molecule has 0 spiro atoms. The second-order valence-corrected chi connectivity index (χ2v) is 3.07. The lowest BCUT2D eigenvalue weighted by Crippen LogP contribution is -2.39. The van der Waals surface area contributed by atoms with Gasteiger partial charge >= 0.3 is 6.03 Å². The third-order valence-electron chi connectivity index (χ3n) is 2.22. The van der Waals surface area contributed by atoms with E-state index in [0.717, 1.165) is 13.0 Å². The van der Waals surface area contributed by atoms with Gasteiger partial charge in [0.1, 0.15) is 0 Å². The lowest BCUT2D eigenvalue weighted by Gasteiger charge is -2.26. The molecule has 0 saturated heterocycles. The van der Waals surface area contributed by atoms with Crippen LogP contribution in [0.25, 0.3) is 0 Å². The Labute approximate surface area is 66.9 Å². The van der Waals surface area contributed by atoms with Gasteiger partial charge in [0.25, 0.3) is 0 Å². The summed E-state index contributed by atoms with van der Waals surface area (Å²) >= 11 is 0. The van der Waals surface area contributed by atoms with Crippen molar-refractivity contribution in [3.8, 4) is 0 Å². The van der Waals surface area contributed by atoms with Gasteiger partial charge in [-0.3, -0.25) is 0 Å². The lowest BCUT2D eigenvalue weighted by atomic mass is 10.0. The average Bonchev–Trinajstić information content (AvgIpc) is 1.94. The zero-order valence-corrected chi connectivity index (χ0v) is 7.05. The summed E-state index contributed by atoms with van der Waals surface area (Å²) in [4.78, 5) is 12.4.